The lowest BCUT2D eigenvalue weighted by Gasteiger charge is -2.13. The lowest BCUT2D eigenvalue weighted by Crippen LogP contribution is -2.22. The van der Waals surface area contributed by atoms with Gasteiger partial charge < -0.3 is 15.6 Å². The molecule has 0 unspecified atom stereocenters. The minimum absolute atomic E-state index is 0.159. The van der Waals surface area contributed by atoms with Crippen molar-refractivity contribution in [2.75, 3.05) is 25.1 Å². The van der Waals surface area contributed by atoms with Crippen LogP contribution >= 0.6 is 0 Å². The van der Waals surface area contributed by atoms with Crippen LogP contribution in [0.5, 0.6) is 0 Å². The minimum atomic E-state index is -3.48. The summed E-state index contributed by atoms with van der Waals surface area (Å²) in [5.41, 5.74) is 7.60. The lowest BCUT2D eigenvalue weighted by atomic mass is 10.2. The average molecular weight is 296 g/mol. The standard InChI is InChI=1S/C12H16N4O3S/c1-16(2)20(17,18)10-3-4-12(11(13)7-10)14-8-9-5-6-19-15-9/h3-7,14H,8,13H2,1-2H3. The fourth-order valence-electron chi connectivity index (χ4n) is 1.59. The molecule has 2 rings (SSSR count). The number of hydrogen-bond donors (Lipinski definition) is 2. The van der Waals surface area contributed by atoms with Crippen molar-refractivity contribution < 1.29 is 12.9 Å². The molecular weight excluding hydrogens is 280 g/mol. The highest BCUT2D eigenvalue weighted by molar-refractivity contribution is 7.89. The van der Waals surface area contributed by atoms with Crippen molar-refractivity contribution in [1.29, 1.82) is 0 Å². The summed E-state index contributed by atoms with van der Waals surface area (Å²) < 4.78 is 29.8. The molecule has 1 aromatic carbocycles. The Morgan fingerprint density at radius 2 is 2.10 bits per heavy atom. The van der Waals surface area contributed by atoms with Crippen molar-refractivity contribution in [3.05, 3.63) is 36.2 Å². The molecule has 0 bridgehead atoms. The molecule has 0 spiro atoms. The van der Waals surface area contributed by atoms with E-state index in [1.54, 1.807) is 12.1 Å². The molecule has 7 nitrogen and oxygen atoms in total. The van der Waals surface area contributed by atoms with E-state index in [9.17, 15) is 8.42 Å². The van der Waals surface area contributed by atoms with Gasteiger partial charge in [-0.25, -0.2) is 12.7 Å². The fraction of sp³-hybridized carbons (Fsp3) is 0.250. The number of hydrogen-bond acceptors (Lipinski definition) is 6. The summed E-state index contributed by atoms with van der Waals surface area (Å²) >= 11 is 0. The Balaban J connectivity index is 2.18. The molecule has 8 heteroatoms. The third-order valence-electron chi connectivity index (χ3n) is 2.75. The zero-order valence-electron chi connectivity index (χ0n) is 11.2. The Bertz CT molecular complexity index is 681. The van der Waals surface area contributed by atoms with E-state index in [0.717, 1.165) is 10.00 Å². The number of nitrogens with two attached hydrogens (primary N) is 1. The molecule has 0 aliphatic rings. The van der Waals surface area contributed by atoms with Gasteiger partial charge in [-0.3, -0.25) is 0 Å². The first kappa shape index (κ1) is 14.4. The third-order valence-corrected chi connectivity index (χ3v) is 4.56. The number of sulfonamides is 1. The maximum atomic E-state index is 12.0. The average Bonchev–Trinajstić information content (AvgIpc) is 2.90. The highest BCUT2D eigenvalue weighted by atomic mass is 32.2. The largest absolute Gasteiger partial charge is 0.397 e. The van der Waals surface area contributed by atoms with Crippen LogP contribution in [0.2, 0.25) is 0 Å². The molecule has 108 valence electrons. The number of nitrogens with one attached hydrogen (secondary N) is 1. The first-order valence-corrected chi connectivity index (χ1v) is 7.30. The molecule has 3 N–H and O–H groups in total. The van der Waals surface area contributed by atoms with Crippen LogP contribution in [0, 0.1) is 0 Å². The van der Waals surface area contributed by atoms with E-state index in [-0.39, 0.29) is 4.90 Å². The zero-order chi connectivity index (χ0) is 14.8. The van der Waals surface area contributed by atoms with Crippen LogP contribution in [0.15, 0.2) is 39.9 Å². The minimum Gasteiger partial charge on any atom is -0.397 e. The van der Waals surface area contributed by atoms with Crippen LogP contribution in [-0.4, -0.2) is 32.0 Å². The molecule has 1 heterocycles. The maximum Gasteiger partial charge on any atom is 0.242 e. The number of rotatable bonds is 5. The Morgan fingerprint density at radius 3 is 2.65 bits per heavy atom. The molecule has 2 aromatic rings. The predicted molar refractivity (Wildman–Crippen MR) is 75.6 cm³/mol. The van der Waals surface area contributed by atoms with Gasteiger partial charge in [0.25, 0.3) is 0 Å². The second-order valence-corrected chi connectivity index (χ2v) is 6.53. The smallest absolute Gasteiger partial charge is 0.242 e. The summed E-state index contributed by atoms with van der Waals surface area (Å²) in [7, 11) is -0.527. The molecule has 0 radical (unpaired) electrons. The van der Waals surface area contributed by atoms with Crippen LogP contribution in [0.3, 0.4) is 0 Å². The van der Waals surface area contributed by atoms with E-state index in [2.05, 4.69) is 10.5 Å². The molecule has 0 saturated carbocycles. The van der Waals surface area contributed by atoms with Gasteiger partial charge in [-0.15, -0.1) is 0 Å². The molecule has 0 amide bonds. The first-order chi connectivity index (χ1) is 9.41. The molecule has 1 aromatic heterocycles. The van der Waals surface area contributed by atoms with Gasteiger partial charge in [-0.05, 0) is 18.2 Å². The molecule has 20 heavy (non-hydrogen) atoms. The number of aromatic nitrogens is 1. The van der Waals surface area contributed by atoms with Crippen LogP contribution < -0.4 is 11.1 Å². The zero-order valence-corrected chi connectivity index (χ0v) is 12.0. The second kappa shape index (κ2) is 5.51. The van der Waals surface area contributed by atoms with E-state index in [4.69, 9.17) is 10.3 Å². The van der Waals surface area contributed by atoms with Crippen molar-refractivity contribution in [2.24, 2.45) is 0 Å². The van der Waals surface area contributed by atoms with E-state index in [1.165, 1.54) is 32.5 Å². The van der Waals surface area contributed by atoms with Crippen molar-refractivity contribution in [2.45, 2.75) is 11.4 Å². The SMILES string of the molecule is CN(C)S(=O)(=O)c1ccc(NCc2ccon2)c(N)c1. The quantitative estimate of drug-likeness (QED) is 0.802. The summed E-state index contributed by atoms with van der Waals surface area (Å²) in [5.74, 6) is 0. The molecule has 0 saturated heterocycles. The summed E-state index contributed by atoms with van der Waals surface area (Å²) in [6, 6.07) is 6.30. The van der Waals surface area contributed by atoms with Crippen molar-refractivity contribution in [3.8, 4) is 0 Å². The lowest BCUT2D eigenvalue weighted by molar-refractivity contribution is 0.412. The van der Waals surface area contributed by atoms with Crippen LogP contribution in [0.1, 0.15) is 5.69 Å². The topological polar surface area (TPSA) is 101 Å². The summed E-state index contributed by atoms with van der Waals surface area (Å²) in [6.07, 6.45) is 1.48. The van der Waals surface area contributed by atoms with E-state index < -0.39 is 10.0 Å². The summed E-state index contributed by atoms with van der Waals surface area (Å²) in [4.78, 5) is 0.159. The third kappa shape index (κ3) is 2.91. The van der Waals surface area contributed by atoms with Gasteiger partial charge in [0, 0.05) is 20.2 Å². The van der Waals surface area contributed by atoms with Crippen LogP contribution in [0.4, 0.5) is 11.4 Å². The molecular formula is C12H16N4O3S. The van der Waals surface area contributed by atoms with Crippen molar-refractivity contribution >= 4 is 21.4 Å². The maximum absolute atomic E-state index is 12.0. The molecule has 0 aliphatic carbocycles. The van der Waals surface area contributed by atoms with Gasteiger partial charge in [0.05, 0.1) is 22.8 Å². The van der Waals surface area contributed by atoms with Crippen molar-refractivity contribution in [3.63, 3.8) is 0 Å². The first-order valence-electron chi connectivity index (χ1n) is 5.86. The van der Waals surface area contributed by atoms with Crippen molar-refractivity contribution in [1.82, 2.24) is 9.46 Å². The molecule has 0 fully saturated rings. The van der Waals surface area contributed by atoms with Gasteiger partial charge in [0.1, 0.15) is 12.0 Å². The van der Waals surface area contributed by atoms with E-state index >= 15 is 0 Å². The molecule has 0 aliphatic heterocycles. The fourth-order valence-corrected chi connectivity index (χ4v) is 2.53. The monoisotopic (exact) mass is 296 g/mol. The second-order valence-electron chi connectivity index (χ2n) is 4.38. The highest BCUT2D eigenvalue weighted by Crippen LogP contribution is 2.24. The predicted octanol–water partition coefficient (Wildman–Crippen LogP) is 1.12. The Kier molecular flexibility index (Phi) is 3.96. The Labute approximate surface area is 117 Å². The van der Waals surface area contributed by atoms with Gasteiger partial charge >= 0.3 is 0 Å². The number of benzene rings is 1. The van der Waals surface area contributed by atoms with Gasteiger partial charge in [-0.1, -0.05) is 5.16 Å². The number of anilines is 2. The van der Waals surface area contributed by atoms with Gasteiger partial charge in [0.15, 0.2) is 0 Å². The van der Waals surface area contributed by atoms with Crippen LogP contribution in [0.25, 0.3) is 0 Å². The number of nitrogen functional groups attached to an aromatic ring is 1. The van der Waals surface area contributed by atoms with Gasteiger partial charge in [-0.2, -0.15) is 0 Å². The van der Waals surface area contributed by atoms with Crippen LogP contribution in [-0.2, 0) is 16.6 Å². The van der Waals surface area contributed by atoms with E-state index in [0.29, 0.717) is 17.9 Å². The van der Waals surface area contributed by atoms with E-state index in [1.807, 2.05) is 0 Å². The molecule has 0 atom stereocenters. The Morgan fingerprint density at radius 1 is 1.35 bits per heavy atom. The number of nitrogens with zero attached hydrogens (tertiary/aromatic N) is 2. The van der Waals surface area contributed by atoms with Gasteiger partial charge in [0.2, 0.25) is 10.0 Å². The summed E-state index contributed by atoms with van der Waals surface area (Å²) in [6.45, 7) is 0.445. The summed E-state index contributed by atoms with van der Waals surface area (Å²) in [5, 5.41) is 6.83. The normalized spacial score (nSPS) is 11.8. The highest BCUT2D eigenvalue weighted by Gasteiger charge is 2.18. The Hall–Kier alpha value is -2.06.